The molecule has 2 aromatic rings. The molecule has 1 heterocycles. The molecule has 0 atom stereocenters. The van der Waals surface area contributed by atoms with Crippen molar-refractivity contribution in [3.63, 3.8) is 0 Å². The van der Waals surface area contributed by atoms with Gasteiger partial charge in [-0.1, -0.05) is 0 Å². The van der Waals surface area contributed by atoms with Gasteiger partial charge in [0.05, 0.1) is 30.2 Å². The van der Waals surface area contributed by atoms with E-state index in [-0.39, 0.29) is 18.0 Å². The maximum atomic E-state index is 12.4. The summed E-state index contributed by atoms with van der Waals surface area (Å²) >= 11 is 0. The van der Waals surface area contributed by atoms with E-state index in [1.165, 1.54) is 25.3 Å². The molecule has 2 rings (SSSR count). The summed E-state index contributed by atoms with van der Waals surface area (Å²) in [5.41, 5.74) is 0.761. The molecule has 0 saturated carbocycles. The van der Waals surface area contributed by atoms with Crippen LogP contribution >= 0.6 is 0 Å². The van der Waals surface area contributed by atoms with E-state index in [1.54, 1.807) is 12.3 Å². The molecular formula is C16H19N3O4S. The molecule has 7 nitrogen and oxygen atoms in total. The van der Waals surface area contributed by atoms with Crippen LogP contribution in [0.25, 0.3) is 0 Å². The summed E-state index contributed by atoms with van der Waals surface area (Å²) in [4.78, 5) is 0.0945. The Morgan fingerprint density at radius 3 is 2.79 bits per heavy atom. The van der Waals surface area contributed by atoms with Crippen LogP contribution in [0.2, 0.25) is 0 Å². The predicted molar refractivity (Wildman–Crippen MR) is 89.1 cm³/mol. The molecular weight excluding hydrogens is 330 g/mol. The fourth-order valence-corrected chi connectivity index (χ4v) is 3.28. The number of ether oxygens (including phenoxy) is 1. The Hall–Kier alpha value is -2.34. The second-order valence-electron chi connectivity index (χ2n) is 4.97. The number of methoxy groups -OCH3 is 1. The van der Waals surface area contributed by atoms with Gasteiger partial charge in [-0.2, -0.15) is 5.26 Å². The van der Waals surface area contributed by atoms with Gasteiger partial charge in [-0.3, -0.25) is 0 Å². The standard InChI is InChI=1S/C16H19N3O4S/c1-22-10-8-19-24(20,21)16-5-4-13(12-17)11-15(16)18-7-6-14-3-2-9-23-14/h2-5,9,11,18-19H,6-8,10H2,1H3. The number of benzene rings is 1. The molecule has 0 aliphatic heterocycles. The number of hydrogen-bond donors (Lipinski definition) is 2. The van der Waals surface area contributed by atoms with E-state index in [2.05, 4.69) is 10.0 Å². The maximum Gasteiger partial charge on any atom is 0.242 e. The van der Waals surface area contributed by atoms with E-state index >= 15 is 0 Å². The Bertz CT molecular complexity index is 795. The van der Waals surface area contributed by atoms with Crippen LogP contribution in [-0.4, -0.2) is 35.2 Å². The van der Waals surface area contributed by atoms with Crippen molar-refractivity contribution in [3.05, 3.63) is 47.9 Å². The number of nitriles is 1. The highest BCUT2D eigenvalue weighted by atomic mass is 32.2. The number of rotatable bonds is 9. The third-order valence-electron chi connectivity index (χ3n) is 3.26. The summed E-state index contributed by atoms with van der Waals surface area (Å²) in [7, 11) is -2.20. The molecule has 1 aromatic heterocycles. The predicted octanol–water partition coefficient (Wildman–Crippen LogP) is 1.73. The average Bonchev–Trinajstić information content (AvgIpc) is 3.08. The van der Waals surface area contributed by atoms with Crippen molar-refractivity contribution in [1.82, 2.24) is 4.72 Å². The van der Waals surface area contributed by atoms with E-state index in [4.69, 9.17) is 14.4 Å². The summed E-state index contributed by atoms with van der Waals surface area (Å²) in [6.07, 6.45) is 2.18. The molecule has 0 aliphatic carbocycles. The average molecular weight is 349 g/mol. The molecule has 128 valence electrons. The van der Waals surface area contributed by atoms with Gasteiger partial charge in [0.2, 0.25) is 10.0 Å². The maximum absolute atomic E-state index is 12.4. The number of hydrogen-bond acceptors (Lipinski definition) is 6. The van der Waals surface area contributed by atoms with Crippen LogP contribution in [0.1, 0.15) is 11.3 Å². The summed E-state index contributed by atoms with van der Waals surface area (Å²) < 4.78 is 37.4. The third kappa shape index (κ3) is 4.83. The highest BCUT2D eigenvalue weighted by Gasteiger charge is 2.18. The van der Waals surface area contributed by atoms with Gasteiger partial charge in [0.25, 0.3) is 0 Å². The zero-order valence-corrected chi connectivity index (χ0v) is 14.1. The summed E-state index contributed by atoms with van der Waals surface area (Å²) in [5, 5.41) is 12.1. The third-order valence-corrected chi connectivity index (χ3v) is 4.78. The van der Waals surface area contributed by atoms with Gasteiger partial charge in [0.15, 0.2) is 0 Å². The Balaban J connectivity index is 2.16. The smallest absolute Gasteiger partial charge is 0.242 e. The number of sulfonamides is 1. The van der Waals surface area contributed by atoms with Crippen LogP contribution in [0.5, 0.6) is 0 Å². The van der Waals surface area contributed by atoms with Gasteiger partial charge >= 0.3 is 0 Å². The number of furan rings is 1. The highest BCUT2D eigenvalue weighted by molar-refractivity contribution is 7.89. The van der Waals surface area contributed by atoms with E-state index in [0.29, 0.717) is 24.2 Å². The zero-order chi connectivity index (χ0) is 17.4. The lowest BCUT2D eigenvalue weighted by Crippen LogP contribution is -2.28. The van der Waals surface area contributed by atoms with Gasteiger partial charge in [0.1, 0.15) is 10.7 Å². The summed E-state index contributed by atoms with van der Waals surface area (Å²) in [6, 6.07) is 10.1. The normalized spacial score (nSPS) is 11.2. The quantitative estimate of drug-likeness (QED) is 0.668. The van der Waals surface area contributed by atoms with Crippen LogP contribution in [-0.2, 0) is 21.2 Å². The van der Waals surface area contributed by atoms with Crippen molar-refractivity contribution in [2.24, 2.45) is 0 Å². The molecule has 1 aromatic carbocycles. The first kappa shape index (κ1) is 18.0. The van der Waals surface area contributed by atoms with Crippen molar-refractivity contribution < 1.29 is 17.6 Å². The van der Waals surface area contributed by atoms with Gasteiger partial charge in [0, 0.05) is 26.6 Å². The minimum absolute atomic E-state index is 0.0945. The number of anilines is 1. The summed E-state index contributed by atoms with van der Waals surface area (Å²) in [5.74, 6) is 0.793. The van der Waals surface area contributed by atoms with Crippen LogP contribution in [0.4, 0.5) is 5.69 Å². The first-order chi connectivity index (χ1) is 11.6. The SMILES string of the molecule is COCCNS(=O)(=O)c1ccc(C#N)cc1NCCc1ccco1. The minimum atomic E-state index is -3.70. The summed E-state index contributed by atoms with van der Waals surface area (Å²) in [6.45, 7) is 0.921. The van der Waals surface area contributed by atoms with Crippen molar-refractivity contribution in [2.75, 3.05) is 32.1 Å². The lowest BCUT2D eigenvalue weighted by atomic mass is 10.2. The lowest BCUT2D eigenvalue weighted by molar-refractivity contribution is 0.204. The van der Waals surface area contributed by atoms with Crippen LogP contribution in [0, 0.1) is 11.3 Å². The molecule has 0 unspecified atom stereocenters. The van der Waals surface area contributed by atoms with Crippen molar-refractivity contribution in [3.8, 4) is 6.07 Å². The molecule has 0 fully saturated rings. The largest absolute Gasteiger partial charge is 0.469 e. The molecule has 0 aliphatic rings. The Labute approximate surface area is 141 Å². The number of nitrogens with one attached hydrogen (secondary N) is 2. The van der Waals surface area contributed by atoms with Gasteiger partial charge in [-0.25, -0.2) is 13.1 Å². The minimum Gasteiger partial charge on any atom is -0.469 e. The van der Waals surface area contributed by atoms with E-state index in [9.17, 15) is 8.42 Å². The molecule has 2 N–H and O–H groups in total. The van der Waals surface area contributed by atoms with Gasteiger partial charge in [-0.05, 0) is 30.3 Å². The Kier molecular flexibility index (Phi) is 6.37. The second kappa shape index (κ2) is 8.49. The lowest BCUT2D eigenvalue weighted by Gasteiger charge is -2.13. The highest BCUT2D eigenvalue weighted by Crippen LogP contribution is 2.22. The van der Waals surface area contributed by atoms with E-state index < -0.39 is 10.0 Å². The van der Waals surface area contributed by atoms with Crippen LogP contribution in [0.15, 0.2) is 45.9 Å². The molecule has 24 heavy (non-hydrogen) atoms. The molecule has 0 bridgehead atoms. The van der Waals surface area contributed by atoms with Gasteiger partial charge < -0.3 is 14.5 Å². The topological polar surface area (TPSA) is 104 Å². The van der Waals surface area contributed by atoms with Crippen LogP contribution in [0.3, 0.4) is 0 Å². The Morgan fingerprint density at radius 2 is 2.12 bits per heavy atom. The van der Waals surface area contributed by atoms with Gasteiger partial charge in [-0.15, -0.1) is 0 Å². The van der Waals surface area contributed by atoms with Crippen molar-refractivity contribution >= 4 is 15.7 Å². The molecule has 0 saturated heterocycles. The number of nitrogens with zero attached hydrogens (tertiary/aromatic N) is 1. The first-order valence-electron chi connectivity index (χ1n) is 7.36. The van der Waals surface area contributed by atoms with E-state index in [1.807, 2.05) is 12.1 Å². The fourth-order valence-electron chi connectivity index (χ4n) is 2.10. The van der Waals surface area contributed by atoms with Crippen LogP contribution < -0.4 is 10.0 Å². The van der Waals surface area contributed by atoms with E-state index in [0.717, 1.165) is 5.76 Å². The molecule has 0 spiro atoms. The van der Waals surface area contributed by atoms with Crippen molar-refractivity contribution in [2.45, 2.75) is 11.3 Å². The monoisotopic (exact) mass is 349 g/mol. The Morgan fingerprint density at radius 1 is 1.29 bits per heavy atom. The molecule has 0 radical (unpaired) electrons. The molecule has 0 amide bonds. The zero-order valence-electron chi connectivity index (χ0n) is 13.3. The second-order valence-corrected chi connectivity index (χ2v) is 6.70. The van der Waals surface area contributed by atoms with Crippen molar-refractivity contribution in [1.29, 1.82) is 5.26 Å². The molecule has 8 heteroatoms. The fraction of sp³-hybridized carbons (Fsp3) is 0.312. The first-order valence-corrected chi connectivity index (χ1v) is 8.84.